The summed E-state index contributed by atoms with van der Waals surface area (Å²) in [5.74, 6) is -0.285. The average molecular weight is 358 g/mol. The number of rotatable bonds is 4. The summed E-state index contributed by atoms with van der Waals surface area (Å²) in [6, 6.07) is 0.898. The number of hydrogen-bond acceptors (Lipinski definition) is 5. The third-order valence-electron chi connectivity index (χ3n) is 3.23. The number of sulfonamides is 1. The average Bonchev–Trinajstić information content (AvgIpc) is 2.94. The smallest absolute Gasteiger partial charge is 0.243 e. The molecule has 1 aromatic rings. The van der Waals surface area contributed by atoms with Gasteiger partial charge in [-0.05, 0) is 18.9 Å². The predicted octanol–water partition coefficient (Wildman–Crippen LogP) is 2.25. The van der Waals surface area contributed by atoms with Crippen LogP contribution in [0.2, 0.25) is 8.67 Å². The van der Waals surface area contributed by atoms with E-state index in [9.17, 15) is 8.42 Å². The van der Waals surface area contributed by atoms with Gasteiger partial charge in [0.25, 0.3) is 0 Å². The van der Waals surface area contributed by atoms with Crippen LogP contribution in [-0.4, -0.2) is 25.5 Å². The van der Waals surface area contributed by atoms with Gasteiger partial charge in [-0.1, -0.05) is 34.8 Å². The first-order valence-corrected chi connectivity index (χ1v) is 8.85. The number of halogens is 2. The van der Waals surface area contributed by atoms with Crippen LogP contribution in [0, 0.1) is 5.92 Å². The number of hydrogen-bond donors (Lipinski definition) is 3. The standard InChI is InChI=1S/C10H13Cl2N3O3S2/c11-8-4-7(9(12)19-8)20(17,18)15-6-3-1-2-5(6)10(13)14-16/h4-6,15-16H,1-3H2,(H2,13,14). The molecule has 2 unspecified atom stereocenters. The summed E-state index contributed by atoms with van der Waals surface area (Å²) in [5.41, 5.74) is 5.58. The highest BCUT2D eigenvalue weighted by atomic mass is 35.5. The summed E-state index contributed by atoms with van der Waals surface area (Å²) in [4.78, 5) is -0.0423. The first-order chi connectivity index (χ1) is 9.35. The zero-order chi connectivity index (χ0) is 14.9. The van der Waals surface area contributed by atoms with Crippen molar-refractivity contribution < 1.29 is 13.6 Å². The fourth-order valence-corrected chi connectivity index (χ4v) is 5.76. The molecule has 0 spiro atoms. The topological polar surface area (TPSA) is 105 Å². The van der Waals surface area contributed by atoms with Gasteiger partial charge in [0, 0.05) is 12.0 Å². The minimum absolute atomic E-state index is 0.0321. The Hall–Kier alpha value is -0.540. The molecular formula is C10H13Cl2N3O3S2. The highest BCUT2D eigenvalue weighted by molar-refractivity contribution is 7.89. The van der Waals surface area contributed by atoms with Crippen LogP contribution in [-0.2, 0) is 10.0 Å². The second-order valence-electron chi connectivity index (χ2n) is 4.48. The summed E-state index contributed by atoms with van der Waals surface area (Å²) in [5, 5.41) is 11.7. The molecule has 1 aliphatic carbocycles. The van der Waals surface area contributed by atoms with Crippen molar-refractivity contribution in [2.24, 2.45) is 16.8 Å². The molecule has 1 aromatic heterocycles. The van der Waals surface area contributed by atoms with Crippen molar-refractivity contribution in [1.82, 2.24) is 4.72 Å². The summed E-state index contributed by atoms with van der Waals surface area (Å²) < 4.78 is 27.5. The Morgan fingerprint density at radius 3 is 2.75 bits per heavy atom. The van der Waals surface area contributed by atoms with E-state index in [-0.39, 0.29) is 21.0 Å². The molecule has 0 bridgehead atoms. The molecule has 0 aromatic carbocycles. The van der Waals surface area contributed by atoms with Crippen LogP contribution in [0.3, 0.4) is 0 Å². The molecule has 10 heteroatoms. The van der Waals surface area contributed by atoms with Gasteiger partial charge in [0.15, 0.2) is 0 Å². The van der Waals surface area contributed by atoms with Crippen molar-refractivity contribution in [2.45, 2.75) is 30.2 Å². The Morgan fingerprint density at radius 2 is 2.20 bits per heavy atom. The Balaban J connectivity index is 2.22. The highest BCUT2D eigenvalue weighted by Crippen LogP contribution is 2.35. The molecule has 4 N–H and O–H groups in total. The van der Waals surface area contributed by atoms with E-state index in [0.29, 0.717) is 17.2 Å². The van der Waals surface area contributed by atoms with E-state index in [1.807, 2.05) is 0 Å². The van der Waals surface area contributed by atoms with Crippen LogP contribution in [0.5, 0.6) is 0 Å². The number of thiophene rings is 1. The Morgan fingerprint density at radius 1 is 1.50 bits per heavy atom. The Labute approximate surface area is 130 Å². The monoisotopic (exact) mass is 357 g/mol. The van der Waals surface area contributed by atoms with Gasteiger partial charge in [0.2, 0.25) is 10.0 Å². The molecular weight excluding hydrogens is 345 g/mol. The Kier molecular flexibility index (Phi) is 4.80. The Bertz CT molecular complexity index is 630. The van der Waals surface area contributed by atoms with Crippen molar-refractivity contribution in [1.29, 1.82) is 0 Å². The molecule has 112 valence electrons. The molecule has 20 heavy (non-hydrogen) atoms. The SMILES string of the molecule is NC(=NO)C1CCCC1NS(=O)(=O)c1cc(Cl)sc1Cl. The van der Waals surface area contributed by atoms with Gasteiger partial charge in [-0.25, -0.2) is 13.1 Å². The first-order valence-electron chi connectivity index (χ1n) is 5.79. The zero-order valence-electron chi connectivity index (χ0n) is 10.2. The van der Waals surface area contributed by atoms with E-state index < -0.39 is 16.1 Å². The second-order valence-corrected chi connectivity index (χ2v) is 8.45. The van der Waals surface area contributed by atoms with Gasteiger partial charge in [-0.2, -0.15) is 0 Å². The molecule has 1 aliphatic rings. The van der Waals surface area contributed by atoms with Crippen LogP contribution >= 0.6 is 34.5 Å². The molecule has 1 heterocycles. The molecule has 1 saturated carbocycles. The van der Waals surface area contributed by atoms with Gasteiger partial charge < -0.3 is 10.9 Å². The maximum absolute atomic E-state index is 12.3. The number of nitrogens with two attached hydrogens (primary N) is 1. The third-order valence-corrected chi connectivity index (χ3v) is 6.48. The van der Waals surface area contributed by atoms with Crippen LogP contribution in [0.1, 0.15) is 19.3 Å². The summed E-state index contributed by atoms with van der Waals surface area (Å²) in [7, 11) is -3.78. The lowest BCUT2D eigenvalue weighted by Crippen LogP contribution is -2.42. The number of nitrogens with zero attached hydrogens (tertiary/aromatic N) is 1. The van der Waals surface area contributed by atoms with Crippen molar-refractivity contribution in [3.63, 3.8) is 0 Å². The fourth-order valence-electron chi connectivity index (χ4n) is 2.30. The molecule has 0 saturated heterocycles. The van der Waals surface area contributed by atoms with E-state index in [1.165, 1.54) is 6.07 Å². The van der Waals surface area contributed by atoms with Crippen LogP contribution in [0.4, 0.5) is 0 Å². The zero-order valence-corrected chi connectivity index (χ0v) is 13.4. The molecule has 2 atom stereocenters. The van der Waals surface area contributed by atoms with E-state index in [0.717, 1.165) is 17.8 Å². The molecule has 1 fully saturated rings. The number of oxime groups is 1. The van der Waals surface area contributed by atoms with E-state index in [4.69, 9.17) is 34.1 Å². The predicted molar refractivity (Wildman–Crippen MR) is 79.2 cm³/mol. The fraction of sp³-hybridized carbons (Fsp3) is 0.500. The van der Waals surface area contributed by atoms with Crippen LogP contribution in [0.25, 0.3) is 0 Å². The number of amidine groups is 1. The van der Waals surface area contributed by atoms with E-state index in [1.54, 1.807) is 0 Å². The van der Waals surface area contributed by atoms with Gasteiger partial charge in [0.05, 0.1) is 4.34 Å². The third kappa shape index (κ3) is 3.20. The van der Waals surface area contributed by atoms with E-state index in [2.05, 4.69) is 9.88 Å². The quantitative estimate of drug-likeness (QED) is 0.332. The maximum atomic E-state index is 12.3. The summed E-state index contributed by atoms with van der Waals surface area (Å²) >= 11 is 12.6. The first kappa shape index (κ1) is 15.8. The van der Waals surface area contributed by atoms with Crippen molar-refractivity contribution in [2.75, 3.05) is 0 Å². The van der Waals surface area contributed by atoms with Crippen molar-refractivity contribution in [3.8, 4) is 0 Å². The van der Waals surface area contributed by atoms with Gasteiger partial charge in [-0.3, -0.25) is 0 Å². The lowest BCUT2D eigenvalue weighted by atomic mass is 10.0. The van der Waals surface area contributed by atoms with Gasteiger partial charge in [0.1, 0.15) is 15.1 Å². The normalized spacial score (nSPS) is 24.2. The number of nitrogens with one attached hydrogen (secondary N) is 1. The molecule has 0 aliphatic heterocycles. The molecule has 6 nitrogen and oxygen atoms in total. The summed E-state index contributed by atoms with van der Waals surface area (Å²) in [6.07, 6.45) is 2.09. The summed E-state index contributed by atoms with van der Waals surface area (Å²) in [6.45, 7) is 0. The van der Waals surface area contributed by atoms with Gasteiger partial charge >= 0.3 is 0 Å². The second kappa shape index (κ2) is 6.07. The maximum Gasteiger partial charge on any atom is 0.243 e. The minimum atomic E-state index is -3.78. The minimum Gasteiger partial charge on any atom is -0.409 e. The van der Waals surface area contributed by atoms with Crippen molar-refractivity contribution >= 4 is 50.4 Å². The largest absolute Gasteiger partial charge is 0.409 e. The molecule has 2 rings (SSSR count). The van der Waals surface area contributed by atoms with E-state index >= 15 is 0 Å². The van der Waals surface area contributed by atoms with Crippen LogP contribution in [0.15, 0.2) is 16.1 Å². The lowest BCUT2D eigenvalue weighted by Gasteiger charge is -2.19. The highest BCUT2D eigenvalue weighted by Gasteiger charge is 2.35. The molecule has 0 amide bonds. The lowest BCUT2D eigenvalue weighted by molar-refractivity contribution is 0.312. The van der Waals surface area contributed by atoms with Gasteiger partial charge in [-0.15, -0.1) is 11.3 Å². The van der Waals surface area contributed by atoms with Crippen LogP contribution < -0.4 is 10.5 Å². The molecule has 0 radical (unpaired) electrons. The van der Waals surface area contributed by atoms with Crippen molar-refractivity contribution in [3.05, 3.63) is 14.7 Å².